The molecule has 2 aliphatic heterocycles. The van der Waals surface area contributed by atoms with Crippen molar-refractivity contribution in [2.75, 3.05) is 22.2 Å². The Kier molecular flexibility index (Phi) is 5.79. The summed E-state index contributed by atoms with van der Waals surface area (Å²) in [6.07, 6.45) is 2.02. The fourth-order valence-electron chi connectivity index (χ4n) is 3.89. The predicted molar refractivity (Wildman–Crippen MR) is 120 cm³/mol. The molecule has 5 nitrogen and oxygen atoms in total. The summed E-state index contributed by atoms with van der Waals surface area (Å²) >= 11 is 1.67. The van der Waals surface area contributed by atoms with Gasteiger partial charge >= 0.3 is 0 Å². The van der Waals surface area contributed by atoms with Gasteiger partial charge in [-0.15, -0.1) is 0 Å². The minimum Gasteiger partial charge on any atom is -0.315 e. The van der Waals surface area contributed by atoms with Crippen LogP contribution in [0.25, 0.3) is 0 Å². The first kappa shape index (κ1) is 20.2. The number of benzene rings is 2. The molecule has 152 valence electrons. The highest BCUT2D eigenvalue weighted by atomic mass is 32.2. The van der Waals surface area contributed by atoms with Crippen LogP contribution in [-0.2, 0) is 16.3 Å². The van der Waals surface area contributed by atoms with Crippen LogP contribution in [0.5, 0.6) is 0 Å². The Labute approximate surface area is 176 Å². The summed E-state index contributed by atoms with van der Waals surface area (Å²) in [4.78, 5) is 18.6. The summed E-state index contributed by atoms with van der Waals surface area (Å²) in [5.41, 5.74) is 2.78. The van der Waals surface area contributed by atoms with Crippen LogP contribution in [0.15, 0.2) is 59.6 Å². The fourth-order valence-corrected chi connectivity index (χ4v) is 6.80. The number of aliphatic imine (C=N–C) groups is 1. The molecule has 0 bridgehead atoms. The first-order chi connectivity index (χ1) is 13.9. The lowest BCUT2D eigenvalue weighted by Crippen LogP contribution is -2.39. The zero-order valence-corrected chi connectivity index (χ0v) is 18.0. The Morgan fingerprint density at radius 2 is 1.93 bits per heavy atom. The van der Waals surface area contributed by atoms with Crippen molar-refractivity contribution < 1.29 is 13.2 Å². The Morgan fingerprint density at radius 3 is 2.69 bits per heavy atom. The number of amidine groups is 1. The number of carbonyl (C=O) groups excluding carboxylic acids is 1. The number of nitrogens with zero attached hydrogens (tertiary/aromatic N) is 2. The van der Waals surface area contributed by atoms with Crippen molar-refractivity contribution in [1.29, 1.82) is 0 Å². The summed E-state index contributed by atoms with van der Waals surface area (Å²) in [5.74, 6) is 1.12. The van der Waals surface area contributed by atoms with E-state index in [9.17, 15) is 13.2 Å². The second kappa shape index (κ2) is 8.32. The molecule has 0 spiro atoms. The molecule has 0 N–H and O–H groups in total. The van der Waals surface area contributed by atoms with Crippen LogP contribution in [0.3, 0.4) is 0 Å². The third-order valence-corrected chi connectivity index (χ3v) is 8.07. The van der Waals surface area contributed by atoms with E-state index in [2.05, 4.69) is 24.3 Å². The van der Waals surface area contributed by atoms with E-state index in [1.807, 2.05) is 29.2 Å². The summed E-state index contributed by atoms with van der Waals surface area (Å²) < 4.78 is 24.3. The highest BCUT2D eigenvalue weighted by Gasteiger charge is 2.47. The number of fused-ring (bicyclic) bond motifs is 1. The summed E-state index contributed by atoms with van der Waals surface area (Å²) in [6, 6.07) is 17.4. The standard InChI is InChI=1S/C22H24N2O3S2/c1-16(25)18-10-5-11-19(13-18)24-21-15-29(26,27)14-20(21)23-22(24)28-12-6-9-17-7-3-2-4-8-17/h2-5,7-8,10-11,13,20-21H,6,9,12,14-15H2,1H3/t20-,21-/m0/s1. The number of anilines is 1. The first-order valence-electron chi connectivity index (χ1n) is 9.78. The zero-order chi connectivity index (χ0) is 20.4. The van der Waals surface area contributed by atoms with Crippen LogP contribution in [0.4, 0.5) is 5.69 Å². The van der Waals surface area contributed by atoms with Gasteiger partial charge in [0, 0.05) is 17.0 Å². The lowest BCUT2D eigenvalue weighted by atomic mass is 10.1. The third-order valence-electron chi connectivity index (χ3n) is 5.32. The Balaban J connectivity index is 1.51. The molecule has 2 heterocycles. The van der Waals surface area contributed by atoms with Crippen LogP contribution in [0.1, 0.15) is 29.3 Å². The molecule has 0 unspecified atom stereocenters. The van der Waals surface area contributed by atoms with Gasteiger partial charge in [0.05, 0.1) is 23.6 Å². The summed E-state index contributed by atoms with van der Waals surface area (Å²) in [5, 5.41) is 0.865. The maximum atomic E-state index is 12.2. The van der Waals surface area contributed by atoms with E-state index in [1.54, 1.807) is 24.8 Å². The molecule has 2 aromatic carbocycles. The van der Waals surface area contributed by atoms with Gasteiger partial charge in [0.1, 0.15) is 0 Å². The molecule has 0 saturated carbocycles. The zero-order valence-electron chi connectivity index (χ0n) is 16.3. The van der Waals surface area contributed by atoms with Crippen LogP contribution in [0, 0.1) is 0 Å². The number of thioether (sulfide) groups is 1. The topological polar surface area (TPSA) is 66.8 Å². The molecule has 0 amide bonds. The molecule has 7 heteroatoms. The van der Waals surface area contributed by atoms with Gasteiger partial charge in [0.15, 0.2) is 20.8 Å². The normalized spacial score (nSPS) is 22.4. The molecule has 0 aliphatic carbocycles. The fraction of sp³-hybridized carbons (Fsp3) is 0.364. The molecule has 0 aromatic heterocycles. The molecule has 0 radical (unpaired) electrons. The molecule has 1 fully saturated rings. The predicted octanol–water partition coefficient (Wildman–Crippen LogP) is 3.60. The number of ketones is 1. The van der Waals surface area contributed by atoms with Crippen LogP contribution in [0.2, 0.25) is 0 Å². The van der Waals surface area contributed by atoms with E-state index < -0.39 is 9.84 Å². The number of sulfone groups is 1. The van der Waals surface area contributed by atoms with Crippen LogP contribution in [-0.4, -0.2) is 48.7 Å². The van der Waals surface area contributed by atoms with Crippen molar-refractivity contribution in [3.8, 4) is 0 Å². The number of carbonyl (C=O) groups is 1. The third kappa shape index (κ3) is 4.56. The van der Waals surface area contributed by atoms with Crippen molar-refractivity contribution in [2.45, 2.75) is 31.8 Å². The van der Waals surface area contributed by atoms with Gasteiger partial charge in [0.25, 0.3) is 0 Å². The van der Waals surface area contributed by atoms with E-state index in [4.69, 9.17) is 4.99 Å². The molecule has 29 heavy (non-hydrogen) atoms. The van der Waals surface area contributed by atoms with E-state index in [1.165, 1.54) is 5.56 Å². The van der Waals surface area contributed by atoms with Crippen LogP contribution >= 0.6 is 11.8 Å². The van der Waals surface area contributed by atoms with Gasteiger partial charge in [-0.1, -0.05) is 54.2 Å². The molecular formula is C22H24N2O3S2. The van der Waals surface area contributed by atoms with Crippen molar-refractivity contribution >= 4 is 38.2 Å². The monoisotopic (exact) mass is 428 g/mol. The van der Waals surface area contributed by atoms with E-state index >= 15 is 0 Å². The number of Topliss-reactive ketones (excluding diaryl/α,β-unsaturated/α-hetero) is 1. The SMILES string of the molecule is CC(=O)c1cccc(N2C(SCCCc3ccccc3)=N[C@H]3CS(=O)(=O)C[C@@H]32)c1. The molecule has 2 atom stereocenters. The van der Waals surface area contributed by atoms with E-state index in [-0.39, 0.29) is 29.4 Å². The van der Waals surface area contributed by atoms with Crippen molar-refractivity contribution in [3.63, 3.8) is 0 Å². The minimum atomic E-state index is -3.08. The lowest BCUT2D eigenvalue weighted by molar-refractivity contribution is 0.101. The second-order valence-electron chi connectivity index (χ2n) is 7.54. The summed E-state index contributed by atoms with van der Waals surface area (Å²) in [6.45, 7) is 1.54. The maximum Gasteiger partial charge on any atom is 0.164 e. The van der Waals surface area contributed by atoms with E-state index in [0.717, 1.165) is 29.4 Å². The Bertz CT molecular complexity index is 1040. The summed E-state index contributed by atoms with van der Waals surface area (Å²) in [7, 11) is -3.08. The van der Waals surface area contributed by atoms with Gasteiger partial charge < -0.3 is 4.90 Å². The average Bonchev–Trinajstić information content (AvgIpc) is 3.17. The van der Waals surface area contributed by atoms with Crippen molar-refractivity contribution in [3.05, 3.63) is 65.7 Å². The first-order valence-corrected chi connectivity index (χ1v) is 12.6. The van der Waals surface area contributed by atoms with E-state index in [0.29, 0.717) is 5.56 Å². The highest BCUT2D eigenvalue weighted by Crippen LogP contribution is 2.35. The smallest absolute Gasteiger partial charge is 0.164 e. The molecular weight excluding hydrogens is 404 g/mol. The van der Waals surface area contributed by atoms with Crippen molar-refractivity contribution in [2.24, 2.45) is 4.99 Å². The number of hydrogen-bond donors (Lipinski definition) is 0. The Morgan fingerprint density at radius 1 is 1.14 bits per heavy atom. The maximum absolute atomic E-state index is 12.2. The molecule has 2 aromatic rings. The molecule has 4 rings (SSSR count). The van der Waals surface area contributed by atoms with Crippen molar-refractivity contribution in [1.82, 2.24) is 0 Å². The van der Waals surface area contributed by atoms with Gasteiger partial charge in [-0.05, 0) is 37.5 Å². The average molecular weight is 429 g/mol. The minimum absolute atomic E-state index is 0.00403. The van der Waals surface area contributed by atoms with Gasteiger partial charge in [-0.3, -0.25) is 9.79 Å². The van der Waals surface area contributed by atoms with Gasteiger partial charge in [-0.25, -0.2) is 8.42 Å². The molecule has 2 aliphatic rings. The number of aryl methyl sites for hydroxylation is 1. The lowest BCUT2D eigenvalue weighted by Gasteiger charge is -2.26. The van der Waals surface area contributed by atoms with Gasteiger partial charge in [-0.2, -0.15) is 0 Å². The quantitative estimate of drug-likeness (QED) is 0.520. The van der Waals surface area contributed by atoms with Crippen LogP contribution < -0.4 is 4.90 Å². The molecule has 1 saturated heterocycles. The highest BCUT2D eigenvalue weighted by molar-refractivity contribution is 8.14. The number of hydrogen-bond acceptors (Lipinski definition) is 6. The Hall–Kier alpha value is -2.12. The van der Waals surface area contributed by atoms with Gasteiger partial charge in [0.2, 0.25) is 0 Å². The number of rotatable bonds is 6. The second-order valence-corrected chi connectivity index (χ2v) is 10.8. The largest absolute Gasteiger partial charge is 0.315 e.